The van der Waals surface area contributed by atoms with Crippen LogP contribution in [0.25, 0.3) is 0 Å². The topological polar surface area (TPSA) is 47.0 Å². The van der Waals surface area contributed by atoms with E-state index in [1.54, 1.807) is 11.3 Å². The van der Waals surface area contributed by atoms with E-state index in [1.165, 1.54) is 18.9 Å². The van der Waals surface area contributed by atoms with Gasteiger partial charge in [0.05, 0.1) is 13.3 Å². The first-order valence-electron chi connectivity index (χ1n) is 4.61. The summed E-state index contributed by atoms with van der Waals surface area (Å²) in [6.45, 7) is 0.684. The van der Waals surface area contributed by atoms with Crippen molar-refractivity contribution in [3.63, 3.8) is 0 Å². The maximum atomic E-state index is 5.95. The predicted octanol–water partition coefficient (Wildman–Crippen LogP) is 2.81. The molecule has 0 aromatic carbocycles. The van der Waals surface area contributed by atoms with Gasteiger partial charge >= 0.3 is 6.01 Å². The SMILES string of the molecule is COc1ncc(Cl)c(NCc2ccsc2)n1. The average molecular weight is 256 g/mol. The van der Waals surface area contributed by atoms with Crippen LogP contribution in [0.3, 0.4) is 0 Å². The maximum Gasteiger partial charge on any atom is 0.318 e. The zero-order chi connectivity index (χ0) is 11.4. The summed E-state index contributed by atoms with van der Waals surface area (Å²) < 4.78 is 4.93. The average Bonchev–Trinajstić information content (AvgIpc) is 2.81. The molecule has 0 saturated carbocycles. The lowest BCUT2D eigenvalue weighted by Crippen LogP contribution is -2.03. The molecule has 1 N–H and O–H groups in total. The number of ether oxygens (including phenoxy) is 1. The van der Waals surface area contributed by atoms with Crippen molar-refractivity contribution in [2.45, 2.75) is 6.54 Å². The van der Waals surface area contributed by atoms with Crippen molar-refractivity contribution in [1.29, 1.82) is 0 Å². The number of anilines is 1. The Hall–Kier alpha value is -1.33. The quantitative estimate of drug-likeness (QED) is 0.913. The Bertz CT molecular complexity index is 461. The molecule has 0 bridgehead atoms. The Kier molecular flexibility index (Phi) is 3.58. The normalized spacial score (nSPS) is 10.1. The molecule has 0 spiro atoms. The van der Waals surface area contributed by atoms with Crippen molar-refractivity contribution < 1.29 is 4.74 Å². The van der Waals surface area contributed by atoms with Crippen LogP contribution < -0.4 is 10.1 Å². The summed E-state index contributed by atoms with van der Waals surface area (Å²) in [6.07, 6.45) is 1.52. The van der Waals surface area contributed by atoms with E-state index in [9.17, 15) is 0 Å². The molecule has 2 aromatic rings. The minimum atomic E-state index is 0.303. The number of nitrogens with zero attached hydrogens (tertiary/aromatic N) is 2. The molecule has 4 nitrogen and oxygen atoms in total. The lowest BCUT2D eigenvalue weighted by Gasteiger charge is -2.06. The smallest absolute Gasteiger partial charge is 0.318 e. The van der Waals surface area contributed by atoms with E-state index in [0.29, 0.717) is 23.4 Å². The van der Waals surface area contributed by atoms with Crippen LogP contribution in [-0.4, -0.2) is 17.1 Å². The number of hydrogen-bond donors (Lipinski definition) is 1. The van der Waals surface area contributed by atoms with Crippen LogP contribution >= 0.6 is 22.9 Å². The molecule has 2 aromatic heterocycles. The summed E-state index contributed by atoms with van der Waals surface area (Å²) in [5.74, 6) is 0.583. The molecule has 0 aliphatic rings. The summed E-state index contributed by atoms with van der Waals surface area (Å²) in [5, 5.41) is 7.71. The van der Waals surface area contributed by atoms with Crippen molar-refractivity contribution in [3.8, 4) is 6.01 Å². The van der Waals surface area contributed by atoms with Crippen LogP contribution in [0.5, 0.6) is 6.01 Å². The monoisotopic (exact) mass is 255 g/mol. The van der Waals surface area contributed by atoms with Crippen molar-refractivity contribution in [1.82, 2.24) is 9.97 Å². The second kappa shape index (κ2) is 5.14. The van der Waals surface area contributed by atoms with Gasteiger partial charge in [-0.1, -0.05) is 11.6 Å². The minimum Gasteiger partial charge on any atom is -0.467 e. The fraction of sp³-hybridized carbons (Fsp3) is 0.200. The van der Waals surface area contributed by atoms with Gasteiger partial charge in [0, 0.05) is 6.54 Å². The molecule has 0 atom stereocenters. The van der Waals surface area contributed by atoms with Crippen LogP contribution in [0.15, 0.2) is 23.0 Å². The van der Waals surface area contributed by atoms with Gasteiger partial charge in [-0.3, -0.25) is 0 Å². The molecule has 0 amide bonds. The van der Waals surface area contributed by atoms with Crippen LogP contribution in [0.2, 0.25) is 5.02 Å². The van der Waals surface area contributed by atoms with E-state index in [2.05, 4.69) is 20.7 Å². The largest absolute Gasteiger partial charge is 0.467 e. The van der Waals surface area contributed by atoms with Gasteiger partial charge in [-0.2, -0.15) is 16.3 Å². The number of methoxy groups -OCH3 is 1. The maximum absolute atomic E-state index is 5.95. The molecule has 84 valence electrons. The van der Waals surface area contributed by atoms with Crippen molar-refractivity contribution in [3.05, 3.63) is 33.6 Å². The third kappa shape index (κ3) is 2.62. The van der Waals surface area contributed by atoms with E-state index >= 15 is 0 Å². The molecule has 16 heavy (non-hydrogen) atoms. The number of rotatable bonds is 4. The van der Waals surface area contributed by atoms with E-state index < -0.39 is 0 Å². The van der Waals surface area contributed by atoms with E-state index in [-0.39, 0.29) is 0 Å². The minimum absolute atomic E-state index is 0.303. The summed E-state index contributed by atoms with van der Waals surface area (Å²) in [7, 11) is 1.52. The molecule has 2 rings (SSSR count). The van der Waals surface area contributed by atoms with Crippen LogP contribution in [0.4, 0.5) is 5.82 Å². The third-order valence-corrected chi connectivity index (χ3v) is 2.95. The number of halogens is 1. The molecule has 0 aliphatic heterocycles. The van der Waals surface area contributed by atoms with Crippen LogP contribution in [0, 0.1) is 0 Å². The summed E-state index contributed by atoms with van der Waals surface area (Å²) in [5.41, 5.74) is 1.19. The van der Waals surface area contributed by atoms with Crippen molar-refractivity contribution in [2.75, 3.05) is 12.4 Å². The molecule has 0 fully saturated rings. The lowest BCUT2D eigenvalue weighted by atomic mass is 10.3. The highest BCUT2D eigenvalue weighted by Gasteiger charge is 2.05. The van der Waals surface area contributed by atoms with Gasteiger partial charge in [0.25, 0.3) is 0 Å². The lowest BCUT2D eigenvalue weighted by molar-refractivity contribution is 0.380. The zero-order valence-electron chi connectivity index (χ0n) is 8.61. The van der Waals surface area contributed by atoms with E-state index in [1.807, 2.05) is 11.4 Å². The molecule has 6 heteroatoms. The highest BCUT2D eigenvalue weighted by molar-refractivity contribution is 7.07. The molecule has 2 heterocycles. The Morgan fingerprint density at radius 3 is 3.12 bits per heavy atom. The second-order valence-electron chi connectivity index (χ2n) is 3.04. The number of hydrogen-bond acceptors (Lipinski definition) is 5. The van der Waals surface area contributed by atoms with Gasteiger partial charge < -0.3 is 10.1 Å². The molecular formula is C10H10ClN3OS. The summed E-state index contributed by atoms with van der Waals surface area (Å²) >= 11 is 7.61. The number of aromatic nitrogens is 2. The zero-order valence-corrected chi connectivity index (χ0v) is 10.2. The Balaban J connectivity index is 2.08. The van der Waals surface area contributed by atoms with Gasteiger partial charge in [0.15, 0.2) is 5.82 Å². The highest BCUT2D eigenvalue weighted by atomic mass is 35.5. The first kappa shape index (κ1) is 11.2. The van der Waals surface area contributed by atoms with Crippen molar-refractivity contribution >= 4 is 28.8 Å². The third-order valence-electron chi connectivity index (χ3n) is 1.94. The van der Waals surface area contributed by atoms with Gasteiger partial charge in [-0.15, -0.1) is 0 Å². The van der Waals surface area contributed by atoms with Gasteiger partial charge in [-0.05, 0) is 22.4 Å². The molecule has 0 unspecified atom stereocenters. The molecule has 0 saturated heterocycles. The predicted molar refractivity (Wildman–Crippen MR) is 65.2 cm³/mol. The fourth-order valence-corrected chi connectivity index (χ4v) is 1.98. The molecule has 0 aliphatic carbocycles. The van der Waals surface area contributed by atoms with Gasteiger partial charge in [-0.25, -0.2) is 4.98 Å². The van der Waals surface area contributed by atoms with Crippen LogP contribution in [-0.2, 0) is 6.54 Å². The first-order chi connectivity index (χ1) is 7.79. The van der Waals surface area contributed by atoms with E-state index in [4.69, 9.17) is 16.3 Å². The first-order valence-corrected chi connectivity index (χ1v) is 5.93. The highest BCUT2D eigenvalue weighted by Crippen LogP contribution is 2.21. The Morgan fingerprint density at radius 1 is 1.56 bits per heavy atom. The Morgan fingerprint density at radius 2 is 2.44 bits per heavy atom. The molecular weight excluding hydrogens is 246 g/mol. The Labute approximate surface area is 102 Å². The number of thiophene rings is 1. The van der Waals surface area contributed by atoms with Crippen LogP contribution in [0.1, 0.15) is 5.56 Å². The summed E-state index contributed by atoms with van der Waals surface area (Å²) in [4.78, 5) is 8.02. The second-order valence-corrected chi connectivity index (χ2v) is 4.23. The van der Waals surface area contributed by atoms with E-state index in [0.717, 1.165) is 0 Å². The summed E-state index contributed by atoms with van der Waals surface area (Å²) in [6, 6.07) is 2.35. The number of nitrogens with one attached hydrogen (secondary N) is 1. The standard InChI is InChI=1S/C10H10ClN3OS/c1-15-10-13-5-8(11)9(14-10)12-4-7-2-3-16-6-7/h2-3,5-6H,4H2,1H3,(H,12,13,14). The molecule has 0 radical (unpaired) electrons. The van der Waals surface area contributed by atoms with Gasteiger partial charge in [0.2, 0.25) is 0 Å². The van der Waals surface area contributed by atoms with Crippen molar-refractivity contribution in [2.24, 2.45) is 0 Å². The van der Waals surface area contributed by atoms with Gasteiger partial charge in [0.1, 0.15) is 5.02 Å². The fourth-order valence-electron chi connectivity index (χ4n) is 1.15.